The lowest BCUT2D eigenvalue weighted by Gasteiger charge is -2.26. The summed E-state index contributed by atoms with van der Waals surface area (Å²) in [5, 5.41) is 0. The molecule has 0 spiro atoms. The van der Waals surface area contributed by atoms with Crippen LogP contribution in [0.1, 0.15) is 207 Å². The van der Waals surface area contributed by atoms with Gasteiger partial charge in [0.2, 0.25) is 6.10 Å². The van der Waals surface area contributed by atoms with Gasteiger partial charge in [-0.2, -0.15) is 0 Å². The second-order valence-corrected chi connectivity index (χ2v) is 15.1. The fourth-order valence-electron chi connectivity index (χ4n) is 6.54. The first-order valence-corrected chi connectivity index (χ1v) is 22.7. The summed E-state index contributed by atoms with van der Waals surface area (Å²) >= 11 is 0. The van der Waals surface area contributed by atoms with Gasteiger partial charge in [0.1, 0.15) is 12.7 Å². The van der Waals surface area contributed by atoms with Crippen LogP contribution in [0.25, 0.3) is 0 Å². The molecule has 8 nitrogen and oxygen atoms in total. The maximum atomic E-state index is 12.8. The molecule has 316 valence electrons. The van der Waals surface area contributed by atoms with Crippen LogP contribution < -0.4 is 5.73 Å². The number of ether oxygens (including phenoxy) is 3. The molecule has 54 heavy (non-hydrogen) atoms. The Kier molecular flexibility index (Phi) is 38.8. The molecule has 0 aromatic rings. The van der Waals surface area contributed by atoms with E-state index >= 15 is 0 Å². The lowest BCUT2D eigenvalue weighted by atomic mass is 10.1. The molecule has 8 heteroatoms. The Balaban J connectivity index is 4.45. The minimum absolute atomic E-state index is 0.184. The topological polar surface area (TPSA) is 108 Å². The Hall–Kier alpha value is -2.19. The summed E-state index contributed by atoms with van der Waals surface area (Å²) in [5.74, 6) is -1.62. The predicted molar refractivity (Wildman–Crippen MR) is 226 cm³/mol. The molecule has 0 radical (unpaired) electrons. The minimum Gasteiger partial charge on any atom is -0.463 e. The molecule has 0 aliphatic heterocycles. The Morgan fingerprint density at radius 3 is 1.33 bits per heavy atom. The van der Waals surface area contributed by atoms with Gasteiger partial charge in [-0.15, -0.1) is 0 Å². The zero-order chi connectivity index (χ0) is 39.7. The molecular formula is C46H86N2O6. The van der Waals surface area contributed by atoms with E-state index in [1.165, 1.54) is 96.3 Å². The fourth-order valence-corrected chi connectivity index (χ4v) is 6.54. The van der Waals surface area contributed by atoms with Crippen molar-refractivity contribution < 1.29 is 28.6 Å². The van der Waals surface area contributed by atoms with Crippen LogP contribution in [0.15, 0.2) is 24.3 Å². The smallest absolute Gasteiger partial charge is 0.306 e. The monoisotopic (exact) mass is 763 g/mol. The predicted octanol–water partition coefficient (Wildman–Crippen LogP) is 11.7. The number of hydrogen-bond donors (Lipinski definition) is 1. The van der Waals surface area contributed by atoms with E-state index in [0.717, 1.165) is 77.3 Å². The van der Waals surface area contributed by atoms with Crippen molar-refractivity contribution in [3.63, 3.8) is 0 Å². The molecule has 0 fully saturated rings. The molecule has 2 atom stereocenters. The molecule has 0 rings (SSSR count). The second kappa shape index (κ2) is 40.5. The number of primary amides is 1. The van der Waals surface area contributed by atoms with Gasteiger partial charge in [-0.1, -0.05) is 155 Å². The second-order valence-electron chi connectivity index (χ2n) is 15.1. The molecule has 0 aromatic heterocycles. The third-order valence-electron chi connectivity index (χ3n) is 10.2. The molecule has 0 aromatic carbocycles. The fraction of sp³-hybridized carbons (Fsp3) is 0.848. The van der Waals surface area contributed by atoms with Crippen molar-refractivity contribution >= 4 is 17.8 Å². The van der Waals surface area contributed by atoms with Crippen molar-refractivity contribution in [3.8, 4) is 0 Å². The first kappa shape index (κ1) is 51.8. The van der Waals surface area contributed by atoms with Gasteiger partial charge < -0.3 is 24.8 Å². The number of esters is 2. The van der Waals surface area contributed by atoms with Crippen molar-refractivity contribution in [3.05, 3.63) is 24.3 Å². The molecule has 0 aliphatic rings. The average Bonchev–Trinajstić information content (AvgIpc) is 3.16. The van der Waals surface area contributed by atoms with Gasteiger partial charge in [0.25, 0.3) is 5.91 Å². The van der Waals surface area contributed by atoms with Gasteiger partial charge >= 0.3 is 11.9 Å². The number of nitrogens with zero attached hydrogens (tertiary/aromatic N) is 1. The summed E-state index contributed by atoms with van der Waals surface area (Å²) < 4.78 is 17.1. The van der Waals surface area contributed by atoms with E-state index < -0.39 is 24.1 Å². The van der Waals surface area contributed by atoms with Gasteiger partial charge in [0.05, 0.1) is 6.61 Å². The molecule has 0 heterocycles. The number of amides is 1. The highest BCUT2D eigenvalue weighted by Crippen LogP contribution is 2.14. The van der Waals surface area contributed by atoms with E-state index in [0.29, 0.717) is 26.0 Å². The molecule has 0 aliphatic carbocycles. The Labute approximate surface area is 333 Å². The highest BCUT2D eigenvalue weighted by atomic mass is 16.6. The van der Waals surface area contributed by atoms with E-state index in [-0.39, 0.29) is 19.0 Å². The van der Waals surface area contributed by atoms with Crippen molar-refractivity contribution in [2.75, 3.05) is 32.8 Å². The number of rotatable bonds is 41. The van der Waals surface area contributed by atoms with Crippen LogP contribution in [0.4, 0.5) is 0 Å². The summed E-state index contributed by atoms with van der Waals surface area (Å²) in [6.07, 6.45) is 38.3. The summed E-state index contributed by atoms with van der Waals surface area (Å²) in [6, 6.07) is 0. The number of carbonyl (C=O) groups excluding carboxylic acids is 3. The molecule has 0 saturated heterocycles. The summed E-state index contributed by atoms with van der Waals surface area (Å²) in [5.41, 5.74) is 5.70. The quantitative estimate of drug-likeness (QED) is 0.0375. The molecule has 2 N–H and O–H groups in total. The van der Waals surface area contributed by atoms with E-state index in [1.807, 2.05) is 0 Å². The lowest BCUT2D eigenvalue weighted by molar-refractivity contribution is -0.171. The average molecular weight is 763 g/mol. The first-order chi connectivity index (χ1) is 26.4. The minimum atomic E-state index is -1.31. The van der Waals surface area contributed by atoms with Crippen LogP contribution >= 0.6 is 0 Å². The zero-order valence-corrected chi connectivity index (χ0v) is 35.8. The number of unbranched alkanes of at least 4 members (excludes halogenated alkanes) is 22. The normalized spacial score (nSPS) is 12.9. The van der Waals surface area contributed by atoms with Crippen LogP contribution in [0.2, 0.25) is 0 Å². The highest BCUT2D eigenvalue weighted by molar-refractivity contribution is 5.83. The highest BCUT2D eigenvalue weighted by Gasteiger charge is 2.32. The Morgan fingerprint density at radius 1 is 0.537 bits per heavy atom. The van der Waals surface area contributed by atoms with Crippen LogP contribution in [0.5, 0.6) is 0 Å². The van der Waals surface area contributed by atoms with Crippen molar-refractivity contribution in [1.82, 2.24) is 4.90 Å². The molecule has 2 unspecified atom stereocenters. The van der Waals surface area contributed by atoms with E-state index in [9.17, 15) is 14.4 Å². The number of hydrogen-bond acceptors (Lipinski definition) is 7. The largest absolute Gasteiger partial charge is 0.463 e. The summed E-state index contributed by atoms with van der Waals surface area (Å²) in [7, 11) is 0. The molecular weight excluding hydrogens is 677 g/mol. The SMILES string of the molecule is CCCCCCCC/C=C\CCCCCCCC(=O)OCC(OCCN(CC)CC)C(OC(=O)CCCCCCC/C=C\CCCCCCCC)C(N)=O. The number of nitrogens with two attached hydrogens (primary N) is 1. The molecule has 0 saturated carbocycles. The van der Waals surface area contributed by atoms with Crippen LogP contribution in [0.3, 0.4) is 0 Å². The van der Waals surface area contributed by atoms with Gasteiger partial charge in [0.15, 0.2) is 0 Å². The van der Waals surface area contributed by atoms with Crippen LogP contribution in [-0.2, 0) is 28.6 Å². The maximum Gasteiger partial charge on any atom is 0.306 e. The van der Waals surface area contributed by atoms with Gasteiger partial charge in [0, 0.05) is 19.4 Å². The van der Waals surface area contributed by atoms with E-state index in [4.69, 9.17) is 19.9 Å². The number of carbonyl (C=O) groups is 3. The van der Waals surface area contributed by atoms with Gasteiger partial charge in [-0.05, 0) is 77.3 Å². The number of likely N-dealkylation sites (N-methyl/N-ethyl adjacent to an activating group) is 1. The van der Waals surface area contributed by atoms with Crippen molar-refractivity contribution in [2.45, 2.75) is 220 Å². The third kappa shape index (κ3) is 34.3. The maximum absolute atomic E-state index is 12.8. The standard InChI is InChI=1S/C46H86N2O6/c1-5-9-11-13-15-17-19-21-23-25-27-29-31-33-35-37-43(49)53-41-42(52-40-39-48(7-3)8-4)45(46(47)51)54-44(50)38-36-34-32-30-28-26-24-22-20-18-16-14-12-10-6-2/h21-24,42,45H,5-20,25-41H2,1-4H3,(H2,47,51)/b23-21-,24-22-. The zero-order valence-electron chi connectivity index (χ0n) is 35.8. The Morgan fingerprint density at radius 2 is 0.926 bits per heavy atom. The van der Waals surface area contributed by atoms with Crippen molar-refractivity contribution in [1.29, 1.82) is 0 Å². The van der Waals surface area contributed by atoms with Gasteiger partial charge in [-0.3, -0.25) is 14.4 Å². The van der Waals surface area contributed by atoms with Crippen LogP contribution in [0, 0.1) is 0 Å². The van der Waals surface area contributed by atoms with E-state index in [1.54, 1.807) is 0 Å². The summed E-state index contributed by atoms with van der Waals surface area (Å²) in [6.45, 7) is 11.1. The third-order valence-corrected chi connectivity index (χ3v) is 10.2. The first-order valence-electron chi connectivity index (χ1n) is 22.7. The molecule has 1 amide bonds. The number of allylic oxidation sites excluding steroid dienone is 4. The molecule has 0 bridgehead atoms. The van der Waals surface area contributed by atoms with Crippen LogP contribution in [-0.4, -0.2) is 67.8 Å². The van der Waals surface area contributed by atoms with Crippen molar-refractivity contribution in [2.24, 2.45) is 5.73 Å². The summed E-state index contributed by atoms with van der Waals surface area (Å²) in [4.78, 5) is 40.0. The van der Waals surface area contributed by atoms with Gasteiger partial charge in [-0.25, -0.2) is 0 Å². The van der Waals surface area contributed by atoms with E-state index in [2.05, 4.69) is 56.9 Å². The lowest BCUT2D eigenvalue weighted by Crippen LogP contribution is -2.47. The Bertz CT molecular complexity index is 919.